The third-order valence-electron chi connectivity index (χ3n) is 11.5. The number of esters is 3. The number of hydrogen-bond acceptors (Lipinski definition) is 6. The Labute approximate surface area is 424 Å². The van der Waals surface area contributed by atoms with Crippen LogP contribution in [0.15, 0.2) is 122 Å². The summed E-state index contributed by atoms with van der Waals surface area (Å²) in [4.78, 5) is 38.1. The van der Waals surface area contributed by atoms with Gasteiger partial charge >= 0.3 is 17.9 Å². The molecule has 0 aromatic heterocycles. The van der Waals surface area contributed by atoms with Crippen LogP contribution in [-0.4, -0.2) is 37.2 Å². The lowest BCUT2D eigenvalue weighted by atomic mass is 10.1. The molecule has 0 aromatic rings. The molecular weight excluding hydrogens is 853 g/mol. The Hall–Kier alpha value is -4.19. The first-order valence-corrected chi connectivity index (χ1v) is 28.1. The minimum Gasteiger partial charge on any atom is -0.462 e. The van der Waals surface area contributed by atoms with Crippen molar-refractivity contribution in [1.82, 2.24) is 0 Å². The van der Waals surface area contributed by atoms with E-state index in [0.29, 0.717) is 19.3 Å². The summed E-state index contributed by atoms with van der Waals surface area (Å²) < 4.78 is 16.8. The summed E-state index contributed by atoms with van der Waals surface area (Å²) in [6.07, 6.45) is 77.5. The van der Waals surface area contributed by atoms with E-state index in [-0.39, 0.29) is 31.1 Å². The quantitative estimate of drug-likeness (QED) is 0.0199. The molecule has 0 fully saturated rings. The molecule has 0 aliphatic heterocycles. The van der Waals surface area contributed by atoms with Crippen LogP contribution < -0.4 is 0 Å². The molecule has 6 nitrogen and oxygen atoms in total. The summed E-state index contributed by atoms with van der Waals surface area (Å²) in [5, 5.41) is 0. The Balaban J connectivity index is 4.47. The van der Waals surface area contributed by atoms with E-state index in [1.807, 2.05) is 0 Å². The van der Waals surface area contributed by atoms with Gasteiger partial charge < -0.3 is 14.2 Å². The number of carbonyl (C=O) groups is 3. The van der Waals surface area contributed by atoms with Gasteiger partial charge in [0.25, 0.3) is 0 Å². The molecule has 390 valence electrons. The van der Waals surface area contributed by atoms with Crippen molar-refractivity contribution < 1.29 is 28.6 Å². The minimum absolute atomic E-state index is 0.104. The average molecular weight is 956 g/mol. The van der Waals surface area contributed by atoms with Crippen molar-refractivity contribution in [2.24, 2.45) is 0 Å². The van der Waals surface area contributed by atoms with Crippen molar-refractivity contribution in [3.8, 4) is 0 Å². The first-order valence-electron chi connectivity index (χ1n) is 28.1. The third-order valence-corrected chi connectivity index (χ3v) is 11.5. The molecule has 1 unspecified atom stereocenters. The summed E-state index contributed by atoms with van der Waals surface area (Å²) in [5.41, 5.74) is 0. The van der Waals surface area contributed by atoms with E-state index in [9.17, 15) is 14.4 Å². The van der Waals surface area contributed by atoms with Crippen molar-refractivity contribution in [1.29, 1.82) is 0 Å². The van der Waals surface area contributed by atoms with Gasteiger partial charge in [0.15, 0.2) is 6.10 Å². The molecule has 0 saturated carbocycles. The fourth-order valence-corrected chi connectivity index (χ4v) is 7.34. The van der Waals surface area contributed by atoms with Gasteiger partial charge in [0.05, 0.1) is 0 Å². The summed E-state index contributed by atoms with van der Waals surface area (Å²) in [6, 6.07) is 0. The second kappa shape index (κ2) is 56.4. The first kappa shape index (κ1) is 64.8. The molecule has 6 heteroatoms. The van der Waals surface area contributed by atoms with Gasteiger partial charge in [-0.1, -0.05) is 232 Å². The predicted octanol–water partition coefficient (Wildman–Crippen LogP) is 18.9. The first-order chi connectivity index (χ1) is 34.0. The minimum atomic E-state index is -0.806. The van der Waals surface area contributed by atoms with Crippen LogP contribution in [0.5, 0.6) is 0 Å². The zero-order valence-electron chi connectivity index (χ0n) is 44.5. The topological polar surface area (TPSA) is 78.9 Å². The van der Waals surface area contributed by atoms with E-state index in [2.05, 4.69) is 142 Å². The van der Waals surface area contributed by atoms with Gasteiger partial charge in [-0.3, -0.25) is 14.4 Å². The molecular formula is C63H102O6. The maximum absolute atomic E-state index is 12.9. The SMILES string of the molecule is CC\C=C/C=C\C=C/CCCCCCCC(=O)OCC(COC(=O)CCCCC/C=C\C/C=C\C/C=C\C/C=C\C/C=C\CC)OC(=O)CCCCCCCCCCCC/C=C\C=C/CCCCC. The Bertz CT molecular complexity index is 1470. The van der Waals surface area contributed by atoms with E-state index >= 15 is 0 Å². The molecule has 0 heterocycles. The zero-order chi connectivity index (χ0) is 50.0. The number of unbranched alkanes of at least 4 members (excludes halogenated alkanes) is 21. The second-order valence-electron chi connectivity index (χ2n) is 18.2. The lowest BCUT2D eigenvalue weighted by Crippen LogP contribution is -2.30. The van der Waals surface area contributed by atoms with Crippen molar-refractivity contribution in [2.75, 3.05) is 13.2 Å². The molecule has 0 rings (SSSR count). The molecule has 0 amide bonds. The van der Waals surface area contributed by atoms with E-state index in [1.165, 1.54) is 77.0 Å². The molecule has 0 aromatic carbocycles. The van der Waals surface area contributed by atoms with Gasteiger partial charge in [-0.25, -0.2) is 0 Å². The predicted molar refractivity (Wildman–Crippen MR) is 297 cm³/mol. The zero-order valence-corrected chi connectivity index (χ0v) is 44.5. The summed E-state index contributed by atoms with van der Waals surface area (Å²) in [6.45, 7) is 6.31. The van der Waals surface area contributed by atoms with Crippen molar-refractivity contribution >= 4 is 17.9 Å². The van der Waals surface area contributed by atoms with Gasteiger partial charge in [0, 0.05) is 19.3 Å². The molecule has 0 N–H and O–H groups in total. The van der Waals surface area contributed by atoms with Gasteiger partial charge in [-0.2, -0.15) is 0 Å². The van der Waals surface area contributed by atoms with Crippen LogP contribution >= 0.6 is 0 Å². The van der Waals surface area contributed by atoms with Gasteiger partial charge in [0.2, 0.25) is 0 Å². The molecule has 0 bridgehead atoms. The van der Waals surface area contributed by atoms with Crippen LogP contribution in [0.2, 0.25) is 0 Å². The smallest absolute Gasteiger partial charge is 0.306 e. The monoisotopic (exact) mass is 955 g/mol. The van der Waals surface area contributed by atoms with Crippen molar-refractivity contribution in [3.05, 3.63) is 122 Å². The second-order valence-corrected chi connectivity index (χ2v) is 18.2. The highest BCUT2D eigenvalue weighted by Gasteiger charge is 2.19. The highest BCUT2D eigenvalue weighted by molar-refractivity contribution is 5.71. The van der Waals surface area contributed by atoms with E-state index in [0.717, 1.165) is 122 Å². The summed E-state index contributed by atoms with van der Waals surface area (Å²) in [7, 11) is 0. The van der Waals surface area contributed by atoms with E-state index in [1.54, 1.807) is 0 Å². The van der Waals surface area contributed by atoms with Crippen LogP contribution in [0.1, 0.15) is 239 Å². The number of ether oxygens (including phenoxy) is 3. The lowest BCUT2D eigenvalue weighted by molar-refractivity contribution is -0.167. The molecule has 1 atom stereocenters. The Morgan fingerprint density at radius 3 is 1.07 bits per heavy atom. The fraction of sp³-hybridized carbons (Fsp3) is 0.635. The fourth-order valence-electron chi connectivity index (χ4n) is 7.34. The van der Waals surface area contributed by atoms with Crippen LogP contribution in [0.3, 0.4) is 0 Å². The van der Waals surface area contributed by atoms with Crippen LogP contribution in [-0.2, 0) is 28.6 Å². The Morgan fingerprint density at radius 2 is 0.638 bits per heavy atom. The maximum atomic E-state index is 12.9. The van der Waals surface area contributed by atoms with E-state index in [4.69, 9.17) is 14.2 Å². The van der Waals surface area contributed by atoms with Crippen molar-refractivity contribution in [3.63, 3.8) is 0 Å². The number of carbonyl (C=O) groups excluding carboxylic acids is 3. The molecule has 0 spiro atoms. The Kier molecular flexibility index (Phi) is 53.0. The third kappa shape index (κ3) is 54.6. The van der Waals surface area contributed by atoms with Gasteiger partial charge in [0.1, 0.15) is 13.2 Å². The average Bonchev–Trinajstić information content (AvgIpc) is 3.35. The van der Waals surface area contributed by atoms with Crippen molar-refractivity contribution in [2.45, 2.75) is 245 Å². The van der Waals surface area contributed by atoms with Crippen LogP contribution in [0.25, 0.3) is 0 Å². The molecule has 0 aliphatic carbocycles. The highest BCUT2D eigenvalue weighted by Crippen LogP contribution is 2.14. The number of allylic oxidation sites excluding steroid dienone is 20. The standard InChI is InChI=1S/C63H102O6/c1-4-7-10-13-16-19-22-25-27-29-31-33-35-38-41-44-47-50-53-56-62(65)68-59-60(58-67-61(64)55-52-49-46-43-40-37-24-21-18-15-12-9-6-3)69-63(66)57-54-51-48-45-42-39-36-34-32-30-28-26-23-20-17-14-11-8-5-2/h7,9-10,12,15-21,23-27,31,33,38,41,60H,4-6,8,11,13-14,22,28-30,32,34-37,39-40,42-59H2,1-3H3/b10-7-,12-9-,18-15-,19-16-,20-17-,24-21-,26-23-,27-25-,33-31-,41-38-. The van der Waals surface area contributed by atoms with Gasteiger partial charge in [-0.05, 0) is 109 Å². The van der Waals surface area contributed by atoms with Crippen LogP contribution in [0.4, 0.5) is 0 Å². The Morgan fingerprint density at radius 1 is 0.319 bits per heavy atom. The number of hydrogen-bond donors (Lipinski definition) is 0. The largest absolute Gasteiger partial charge is 0.462 e. The summed E-state index contributed by atoms with van der Waals surface area (Å²) in [5.74, 6) is -0.962. The number of rotatable bonds is 49. The normalized spacial score (nSPS) is 13.0. The van der Waals surface area contributed by atoms with E-state index < -0.39 is 6.10 Å². The molecule has 0 saturated heterocycles. The molecule has 0 aliphatic rings. The summed E-state index contributed by atoms with van der Waals surface area (Å²) >= 11 is 0. The highest BCUT2D eigenvalue weighted by atomic mass is 16.6. The van der Waals surface area contributed by atoms with Crippen LogP contribution in [0, 0.1) is 0 Å². The molecule has 69 heavy (non-hydrogen) atoms. The maximum Gasteiger partial charge on any atom is 0.306 e. The van der Waals surface area contributed by atoms with Gasteiger partial charge in [-0.15, -0.1) is 0 Å². The molecule has 0 radical (unpaired) electrons. The lowest BCUT2D eigenvalue weighted by Gasteiger charge is -2.18.